The molecule has 3 rings (SSSR count). The van der Waals surface area contributed by atoms with Crippen LogP contribution < -0.4 is 5.32 Å². The van der Waals surface area contributed by atoms with Crippen LogP contribution in [0.2, 0.25) is 0 Å². The maximum atomic E-state index is 4.74. The van der Waals surface area contributed by atoms with Crippen LogP contribution in [0, 0.1) is 0 Å². The molecule has 0 fully saturated rings. The Hall–Kier alpha value is -1.11. The Kier molecular flexibility index (Phi) is 4.77. The molecule has 110 valence electrons. The normalized spacial score (nSPS) is 11.1. The maximum Gasteiger partial charge on any atom is 0.142 e. The van der Waals surface area contributed by atoms with E-state index in [4.69, 9.17) is 9.97 Å². The molecule has 3 nitrogen and oxygen atoms in total. The van der Waals surface area contributed by atoms with Crippen molar-refractivity contribution >= 4 is 50.5 Å². The van der Waals surface area contributed by atoms with Gasteiger partial charge >= 0.3 is 0 Å². The van der Waals surface area contributed by atoms with E-state index in [1.807, 2.05) is 18.8 Å². The van der Waals surface area contributed by atoms with Crippen molar-refractivity contribution in [3.8, 4) is 10.4 Å². The van der Waals surface area contributed by atoms with Gasteiger partial charge in [-0.3, -0.25) is 0 Å². The molecule has 0 bridgehead atoms. The summed E-state index contributed by atoms with van der Waals surface area (Å²) >= 11 is 5.35. The SMILES string of the molecule is CCCSCc1nc(NC)c2c(-c3cccs3)csc2n1. The largest absolute Gasteiger partial charge is 0.372 e. The highest BCUT2D eigenvalue weighted by Crippen LogP contribution is 2.38. The molecule has 0 aliphatic carbocycles. The molecule has 0 unspecified atom stereocenters. The Bertz CT molecular complexity index is 719. The summed E-state index contributed by atoms with van der Waals surface area (Å²) in [7, 11) is 1.93. The fraction of sp³-hybridized carbons (Fsp3) is 0.333. The lowest BCUT2D eigenvalue weighted by Gasteiger charge is -2.06. The molecule has 0 spiro atoms. The summed E-state index contributed by atoms with van der Waals surface area (Å²) in [5, 5.41) is 8.68. The van der Waals surface area contributed by atoms with Crippen LogP contribution in [0.25, 0.3) is 20.7 Å². The topological polar surface area (TPSA) is 37.8 Å². The summed E-state index contributed by atoms with van der Waals surface area (Å²) in [6, 6.07) is 4.23. The minimum Gasteiger partial charge on any atom is -0.372 e. The number of thioether (sulfide) groups is 1. The van der Waals surface area contributed by atoms with Crippen LogP contribution in [-0.4, -0.2) is 22.8 Å². The van der Waals surface area contributed by atoms with Gasteiger partial charge in [0.25, 0.3) is 0 Å². The monoisotopic (exact) mass is 335 g/mol. The minimum atomic E-state index is 0.880. The quantitative estimate of drug-likeness (QED) is 0.636. The molecule has 3 aromatic heterocycles. The van der Waals surface area contributed by atoms with E-state index < -0.39 is 0 Å². The lowest BCUT2D eigenvalue weighted by Crippen LogP contribution is -2.00. The highest BCUT2D eigenvalue weighted by Gasteiger charge is 2.15. The molecular weight excluding hydrogens is 318 g/mol. The number of nitrogens with one attached hydrogen (secondary N) is 1. The molecule has 0 aliphatic heterocycles. The van der Waals surface area contributed by atoms with Gasteiger partial charge in [-0.2, -0.15) is 11.8 Å². The zero-order valence-electron chi connectivity index (χ0n) is 12.0. The minimum absolute atomic E-state index is 0.880. The highest BCUT2D eigenvalue weighted by molar-refractivity contribution is 7.98. The van der Waals surface area contributed by atoms with E-state index in [1.54, 1.807) is 22.7 Å². The first-order valence-corrected chi connectivity index (χ1v) is 9.82. The summed E-state index contributed by atoms with van der Waals surface area (Å²) in [4.78, 5) is 11.8. The van der Waals surface area contributed by atoms with E-state index in [0.717, 1.165) is 33.4 Å². The van der Waals surface area contributed by atoms with Gasteiger partial charge in [0, 0.05) is 22.9 Å². The standard InChI is InChI=1S/C15H17N3S3/c1-3-6-19-9-12-17-14(16-2)13-10(8-21-15(13)18-12)11-5-4-7-20-11/h4-5,7-8H,3,6,9H2,1-2H3,(H,16,17,18). The molecule has 1 N–H and O–H groups in total. The molecule has 3 heterocycles. The average Bonchev–Trinajstić information content (AvgIpc) is 3.15. The summed E-state index contributed by atoms with van der Waals surface area (Å²) in [5.74, 6) is 3.90. The lowest BCUT2D eigenvalue weighted by molar-refractivity contribution is 1.06. The molecule has 0 aliphatic rings. The molecule has 0 atom stereocenters. The second-order valence-corrected chi connectivity index (χ2v) is 7.51. The predicted octanol–water partition coefficient (Wildman–Crippen LogP) is 5.10. The van der Waals surface area contributed by atoms with Crippen LogP contribution in [0.1, 0.15) is 19.2 Å². The number of anilines is 1. The number of hydrogen-bond donors (Lipinski definition) is 1. The Morgan fingerprint density at radius 2 is 2.19 bits per heavy atom. The van der Waals surface area contributed by atoms with Gasteiger partial charge < -0.3 is 5.32 Å². The van der Waals surface area contributed by atoms with E-state index in [1.165, 1.54) is 16.9 Å². The van der Waals surface area contributed by atoms with E-state index in [0.29, 0.717) is 0 Å². The second-order valence-electron chi connectivity index (χ2n) is 4.60. The first-order valence-electron chi connectivity index (χ1n) is 6.91. The molecule has 0 saturated heterocycles. The molecule has 0 aromatic carbocycles. The molecule has 0 saturated carbocycles. The second kappa shape index (κ2) is 6.77. The van der Waals surface area contributed by atoms with E-state index in [2.05, 4.69) is 35.1 Å². The fourth-order valence-electron chi connectivity index (χ4n) is 2.15. The fourth-order valence-corrected chi connectivity index (χ4v) is 4.68. The van der Waals surface area contributed by atoms with Gasteiger partial charge in [-0.25, -0.2) is 9.97 Å². The Labute approximate surface area is 136 Å². The van der Waals surface area contributed by atoms with Crippen molar-refractivity contribution in [3.63, 3.8) is 0 Å². The summed E-state index contributed by atoms with van der Waals surface area (Å²) in [6.45, 7) is 2.20. The summed E-state index contributed by atoms with van der Waals surface area (Å²) in [5.41, 5.74) is 1.24. The van der Waals surface area contributed by atoms with Gasteiger partial charge in [0.2, 0.25) is 0 Å². The van der Waals surface area contributed by atoms with Crippen LogP contribution >= 0.6 is 34.4 Å². The van der Waals surface area contributed by atoms with Gasteiger partial charge in [-0.05, 0) is 23.6 Å². The van der Waals surface area contributed by atoms with E-state index in [-0.39, 0.29) is 0 Å². The van der Waals surface area contributed by atoms with Crippen molar-refractivity contribution in [2.45, 2.75) is 19.1 Å². The zero-order chi connectivity index (χ0) is 14.7. The van der Waals surface area contributed by atoms with Crippen molar-refractivity contribution in [3.05, 3.63) is 28.7 Å². The third-order valence-corrected chi connectivity index (χ3v) is 6.02. The number of fused-ring (bicyclic) bond motifs is 1. The Morgan fingerprint density at radius 3 is 2.90 bits per heavy atom. The van der Waals surface area contributed by atoms with Gasteiger partial charge in [-0.15, -0.1) is 22.7 Å². The van der Waals surface area contributed by atoms with Crippen molar-refractivity contribution in [1.82, 2.24) is 9.97 Å². The maximum absolute atomic E-state index is 4.74. The number of thiophene rings is 2. The van der Waals surface area contributed by atoms with Gasteiger partial charge in [0.15, 0.2) is 0 Å². The van der Waals surface area contributed by atoms with Crippen molar-refractivity contribution in [1.29, 1.82) is 0 Å². The van der Waals surface area contributed by atoms with Gasteiger partial charge in [0.1, 0.15) is 16.5 Å². The third kappa shape index (κ3) is 3.07. The van der Waals surface area contributed by atoms with E-state index >= 15 is 0 Å². The molecule has 3 aromatic rings. The highest BCUT2D eigenvalue weighted by atomic mass is 32.2. The lowest BCUT2D eigenvalue weighted by atomic mass is 10.2. The molecule has 6 heteroatoms. The molecule has 0 amide bonds. The number of aromatic nitrogens is 2. The van der Waals surface area contributed by atoms with Crippen molar-refractivity contribution < 1.29 is 0 Å². The van der Waals surface area contributed by atoms with Crippen molar-refractivity contribution in [2.24, 2.45) is 0 Å². The van der Waals surface area contributed by atoms with Crippen LogP contribution in [0.3, 0.4) is 0 Å². The molecule has 21 heavy (non-hydrogen) atoms. The molecule has 0 radical (unpaired) electrons. The molecular formula is C15H17N3S3. The number of rotatable bonds is 6. The van der Waals surface area contributed by atoms with Crippen LogP contribution in [0.15, 0.2) is 22.9 Å². The van der Waals surface area contributed by atoms with Crippen LogP contribution in [-0.2, 0) is 5.75 Å². The first kappa shape index (κ1) is 14.8. The number of hydrogen-bond acceptors (Lipinski definition) is 6. The predicted molar refractivity (Wildman–Crippen MR) is 96.7 cm³/mol. The van der Waals surface area contributed by atoms with Gasteiger partial charge in [-0.1, -0.05) is 13.0 Å². The smallest absolute Gasteiger partial charge is 0.142 e. The Morgan fingerprint density at radius 1 is 1.29 bits per heavy atom. The average molecular weight is 336 g/mol. The summed E-state index contributed by atoms with van der Waals surface area (Å²) < 4.78 is 0. The Balaban J connectivity index is 2.02. The first-order chi connectivity index (χ1) is 10.3. The van der Waals surface area contributed by atoms with Crippen molar-refractivity contribution in [2.75, 3.05) is 18.1 Å². The van der Waals surface area contributed by atoms with Crippen LogP contribution in [0.5, 0.6) is 0 Å². The van der Waals surface area contributed by atoms with Crippen LogP contribution in [0.4, 0.5) is 5.82 Å². The van der Waals surface area contributed by atoms with Gasteiger partial charge in [0.05, 0.1) is 11.1 Å². The number of nitrogens with zero attached hydrogens (tertiary/aromatic N) is 2. The third-order valence-electron chi connectivity index (χ3n) is 3.08. The zero-order valence-corrected chi connectivity index (χ0v) is 14.5. The van der Waals surface area contributed by atoms with E-state index in [9.17, 15) is 0 Å². The summed E-state index contributed by atoms with van der Waals surface area (Å²) in [6.07, 6.45) is 1.19.